The van der Waals surface area contributed by atoms with Crippen LogP contribution in [0.2, 0.25) is 0 Å². The summed E-state index contributed by atoms with van der Waals surface area (Å²) in [5.41, 5.74) is 1.59. The van der Waals surface area contributed by atoms with Crippen LogP contribution in [0.25, 0.3) is 0 Å². The number of aromatic nitrogens is 1. The Morgan fingerprint density at radius 1 is 1.41 bits per heavy atom. The van der Waals surface area contributed by atoms with Crippen molar-refractivity contribution in [2.75, 3.05) is 0 Å². The minimum Gasteiger partial charge on any atom is -0.487 e. The molecule has 1 aromatic heterocycles. The molecule has 0 fully saturated rings. The van der Waals surface area contributed by atoms with Gasteiger partial charge in [-0.05, 0) is 19.1 Å². The van der Waals surface area contributed by atoms with Crippen molar-refractivity contribution in [1.29, 1.82) is 0 Å². The van der Waals surface area contributed by atoms with E-state index in [0.717, 1.165) is 5.56 Å². The Hall–Kier alpha value is -2.30. The van der Waals surface area contributed by atoms with Crippen molar-refractivity contribution in [3.05, 3.63) is 47.3 Å². The lowest BCUT2D eigenvalue weighted by atomic mass is 10.2. The largest absolute Gasteiger partial charge is 0.487 e. The molecular weight excluding hydrogens is 222 g/mol. The summed E-state index contributed by atoms with van der Waals surface area (Å²) in [6, 6.07) is 8.89. The Balaban J connectivity index is 1.97. The molecule has 0 aliphatic carbocycles. The second-order valence-electron chi connectivity index (χ2n) is 3.59. The number of nitrogens with zero attached hydrogens (tertiary/aromatic N) is 1. The number of ether oxygens (including phenoxy) is 1. The maximum Gasteiger partial charge on any atom is 0.374 e. The van der Waals surface area contributed by atoms with Gasteiger partial charge in [-0.2, -0.15) is 0 Å². The zero-order valence-electron chi connectivity index (χ0n) is 9.21. The molecule has 17 heavy (non-hydrogen) atoms. The van der Waals surface area contributed by atoms with Crippen LogP contribution in [0.1, 0.15) is 21.8 Å². The van der Waals surface area contributed by atoms with Crippen LogP contribution < -0.4 is 4.74 Å². The molecule has 5 heteroatoms. The molecular formula is C12H11NO4. The van der Waals surface area contributed by atoms with Crippen molar-refractivity contribution in [3.63, 3.8) is 0 Å². The fourth-order valence-electron chi connectivity index (χ4n) is 1.27. The molecule has 0 bridgehead atoms. The second kappa shape index (κ2) is 4.69. The SMILES string of the molecule is Cc1ccc(OCc2cc(C(=O)O)on2)cc1. The molecule has 88 valence electrons. The van der Waals surface area contributed by atoms with Crippen LogP contribution in [0, 0.1) is 6.92 Å². The number of hydrogen-bond acceptors (Lipinski definition) is 4. The van der Waals surface area contributed by atoms with E-state index < -0.39 is 5.97 Å². The van der Waals surface area contributed by atoms with E-state index in [9.17, 15) is 4.79 Å². The van der Waals surface area contributed by atoms with E-state index in [4.69, 9.17) is 9.84 Å². The first kappa shape index (κ1) is 11.2. The van der Waals surface area contributed by atoms with E-state index in [2.05, 4.69) is 9.68 Å². The van der Waals surface area contributed by atoms with Gasteiger partial charge in [-0.25, -0.2) is 4.79 Å². The predicted molar refractivity (Wildman–Crippen MR) is 59.0 cm³/mol. The van der Waals surface area contributed by atoms with Crippen LogP contribution in [0.15, 0.2) is 34.9 Å². The zero-order valence-corrected chi connectivity index (χ0v) is 9.21. The molecule has 2 rings (SSSR count). The highest BCUT2D eigenvalue weighted by molar-refractivity contribution is 5.84. The van der Waals surface area contributed by atoms with Crippen molar-refractivity contribution >= 4 is 5.97 Å². The minimum atomic E-state index is -1.14. The summed E-state index contributed by atoms with van der Waals surface area (Å²) in [5.74, 6) is -0.623. The maximum absolute atomic E-state index is 10.6. The first-order chi connectivity index (χ1) is 8.15. The summed E-state index contributed by atoms with van der Waals surface area (Å²) in [7, 11) is 0. The number of aryl methyl sites for hydroxylation is 1. The first-order valence-electron chi connectivity index (χ1n) is 5.03. The Bertz CT molecular complexity index is 516. The van der Waals surface area contributed by atoms with Crippen LogP contribution in [0.3, 0.4) is 0 Å². The van der Waals surface area contributed by atoms with Gasteiger partial charge in [0.25, 0.3) is 0 Å². The van der Waals surface area contributed by atoms with Gasteiger partial charge in [0.2, 0.25) is 5.76 Å². The summed E-state index contributed by atoms with van der Waals surface area (Å²) < 4.78 is 10.0. The summed E-state index contributed by atoms with van der Waals surface area (Å²) in [5, 5.41) is 12.2. The number of aromatic carboxylic acids is 1. The monoisotopic (exact) mass is 233 g/mol. The van der Waals surface area contributed by atoms with E-state index in [1.54, 1.807) is 0 Å². The number of carboxylic acid groups (broad SMARTS) is 1. The van der Waals surface area contributed by atoms with Crippen LogP contribution >= 0.6 is 0 Å². The van der Waals surface area contributed by atoms with Crippen molar-refractivity contribution < 1.29 is 19.2 Å². The van der Waals surface area contributed by atoms with Gasteiger partial charge in [-0.1, -0.05) is 22.9 Å². The quantitative estimate of drug-likeness (QED) is 0.876. The predicted octanol–water partition coefficient (Wildman–Crippen LogP) is 2.26. The van der Waals surface area contributed by atoms with Gasteiger partial charge in [0.15, 0.2) is 0 Å². The van der Waals surface area contributed by atoms with E-state index >= 15 is 0 Å². The summed E-state index contributed by atoms with van der Waals surface area (Å²) >= 11 is 0. The van der Waals surface area contributed by atoms with Crippen molar-refractivity contribution in [1.82, 2.24) is 5.16 Å². The molecule has 0 aliphatic heterocycles. The third kappa shape index (κ3) is 2.84. The van der Waals surface area contributed by atoms with Gasteiger partial charge >= 0.3 is 5.97 Å². The normalized spacial score (nSPS) is 10.2. The first-order valence-corrected chi connectivity index (χ1v) is 5.03. The molecule has 0 radical (unpaired) electrons. The fourth-order valence-corrected chi connectivity index (χ4v) is 1.27. The van der Waals surface area contributed by atoms with Crippen molar-refractivity contribution in [2.24, 2.45) is 0 Å². The van der Waals surface area contributed by atoms with Crippen molar-refractivity contribution in [3.8, 4) is 5.75 Å². The van der Waals surface area contributed by atoms with Crippen LogP contribution in [-0.2, 0) is 6.61 Å². The van der Waals surface area contributed by atoms with Gasteiger partial charge < -0.3 is 14.4 Å². The fraction of sp³-hybridized carbons (Fsp3) is 0.167. The summed E-state index contributed by atoms with van der Waals surface area (Å²) in [6.07, 6.45) is 0. The lowest BCUT2D eigenvalue weighted by Crippen LogP contribution is -1.96. The Kier molecular flexibility index (Phi) is 3.09. The van der Waals surface area contributed by atoms with Crippen molar-refractivity contribution in [2.45, 2.75) is 13.5 Å². The topological polar surface area (TPSA) is 72.6 Å². The van der Waals surface area contributed by atoms with Gasteiger partial charge in [0.05, 0.1) is 0 Å². The minimum absolute atomic E-state index is 0.180. The molecule has 1 heterocycles. The second-order valence-corrected chi connectivity index (χ2v) is 3.59. The number of carboxylic acids is 1. The molecule has 0 saturated carbocycles. The Labute approximate surface area is 97.6 Å². The van der Waals surface area contributed by atoms with Gasteiger partial charge in [0.1, 0.15) is 18.1 Å². The average Bonchev–Trinajstić information content (AvgIpc) is 2.77. The molecule has 2 aromatic rings. The Morgan fingerprint density at radius 3 is 2.71 bits per heavy atom. The Morgan fingerprint density at radius 2 is 2.12 bits per heavy atom. The molecule has 0 amide bonds. The van der Waals surface area contributed by atoms with Gasteiger partial charge in [-0.15, -0.1) is 0 Å². The molecule has 0 aliphatic rings. The van der Waals surface area contributed by atoms with E-state index in [0.29, 0.717) is 11.4 Å². The number of hydrogen-bond donors (Lipinski definition) is 1. The van der Waals surface area contributed by atoms with E-state index in [1.165, 1.54) is 6.07 Å². The maximum atomic E-state index is 10.6. The number of benzene rings is 1. The van der Waals surface area contributed by atoms with Gasteiger partial charge in [0, 0.05) is 6.07 Å². The van der Waals surface area contributed by atoms with E-state index in [-0.39, 0.29) is 12.4 Å². The van der Waals surface area contributed by atoms with Crippen LogP contribution in [0.5, 0.6) is 5.75 Å². The molecule has 1 N–H and O–H groups in total. The zero-order chi connectivity index (χ0) is 12.3. The number of rotatable bonds is 4. The molecule has 0 saturated heterocycles. The van der Waals surface area contributed by atoms with Crippen LogP contribution in [-0.4, -0.2) is 16.2 Å². The molecule has 0 unspecified atom stereocenters. The highest BCUT2D eigenvalue weighted by Gasteiger charge is 2.11. The van der Waals surface area contributed by atoms with Crippen LogP contribution in [0.4, 0.5) is 0 Å². The molecule has 5 nitrogen and oxygen atoms in total. The molecule has 1 aromatic carbocycles. The third-order valence-corrected chi connectivity index (χ3v) is 2.18. The number of carbonyl (C=O) groups is 1. The molecule has 0 spiro atoms. The van der Waals surface area contributed by atoms with Gasteiger partial charge in [-0.3, -0.25) is 0 Å². The summed E-state index contributed by atoms with van der Waals surface area (Å²) in [6.45, 7) is 2.17. The lowest BCUT2D eigenvalue weighted by Gasteiger charge is -2.03. The average molecular weight is 233 g/mol. The standard InChI is InChI=1S/C12H11NO4/c1-8-2-4-10(5-3-8)16-7-9-6-11(12(14)15)17-13-9/h2-6H,7H2,1H3,(H,14,15). The smallest absolute Gasteiger partial charge is 0.374 e. The third-order valence-electron chi connectivity index (χ3n) is 2.18. The summed E-state index contributed by atoms with van der Waals surface area (Å²) in [4.78, 5) is 10.6. The highest BCUT2D eigenvalue weighted by Crippen LogP contribution is 2.13. The lowest BCUT2D eigenvalue weighted by molar-refractivity contribution is 0.0651. The highest BCUT2D eigenvalue weighted by atomic mass is 16.5. The molecule has 0 atom stereocenters. The van der Waals surface area contributed by atoms with E-state index in [1.807, 2.05) is 31.2 Å².